The smallest absolute Gasteiger partial charge is 0.287 e. The van der Waals surface area contributed by atoms with Gasteiger partial charge >= 0.3 is 0 Å². The van der Waals surface area contributed by atoms with Crippen LogP contribution in [0.4, 0.5) is 0 Å². The molecule has 20 heavy (non-hydrogen) atoms. The highest BCUT2D eigenvalue weighted by molar-refractivity contribution is 5.95. The third kappa shape index (κ3) is 4.00. The number of rotatable bonds is 7. The molecule has 0 aliphatic rings. The van der Waals surface area contributed by atoms with E-state index in [2.05, 4.69) is 29.3 Å². The molecule has 1 heterocycles. The third-order valence-corrected chi connectivity index (χ3v) is 2.79. The predicted octanol–water partition coefficient (Wildman–Crippen LogP) is 1.39. The van der Waals surface area contributed by atoms with Crippen molar-refractivity contribution in [2.45, 2.75) is 46.6 Å². The summed E-state index contributed by atoms with van der Waals surface area (Å²) in [6.45, 7) is 6.76. The van der Waals surface area contributed by atoms with E-state index in [1.807, 2.05) is 6.92 Å². The van der Waals surface area contributed by atoms with E-state index in [9.17, 15) is 4.79 Å². The molecule has 3 N–H and O–H groups in total. The number of hydrogen-bond donors (Lipinski definition) is 2. The summed E-state index contributed by atoms with van der Waals surface area (Å²) in [7, 11) is 0. The predicted molar refractivity (Wildman–Crippen MR) is 77.1 cm³/mol. The first-order chi connectivity index (χ1) is 9.65. The monoisotopic (exact) mass is 278 g/mol. The van der Waals surface area contributed by atoms with Gasteiger partial charge in [0.25, 0.3) is 5.91 Å². The van der Waals surface area contributed by atoms with Crippen LogP contribution in [0, 0.1) is 18.8 Å². The second-order valence-corrected chi connectivity index (χ2v) is 4.34. The number of nitrogens with two attached hydrogens (primary N) is 1. The lowest BCUT2D eigenvalue weighted by atomic mass is 10.3. The van der Waals surface area contributed by atoms with Crippen molar-refractivity contribution in [3.05, 3.63) is 11.4 Å². The molecule has 0 aromatic carbocycles. The molecule has 0 fully saturated rings. The van der Waals surface area contributed by atoms with Gasteiger partial charge in [0.05, 0.1) is 13.2 Å². The van der Waals surface area contributed by atoms with Gasteiger partial charge in [0, 0.05) is 6.42 Å². The molecule has 6 heteroatoms. The summed E-state index contributed by atoms with van der Waals surface area (Å²) in [5.74, 6) is 11.1. The number of hydrogen-bond acceptors (Lipinski definition) is 4. The van der Waals surface area contributed by atoms with E-state index in [0.29, 0.717) is 36.7 Å². The maximum Gasteiger partial charge on any atom is 0.287 e. The van der Waals surface area contributed by atoms with Crippen LogP contribution in [0.5, 0.6) is 5.75 Å². The van der Waals surface area contributed by atoms with Crippen LogP contribution in [0.2, 0.25) is 0 Å². The first kappa shape index (κ1) is 16.1. The first-order valence-corrected chi connectivity index (χ1v) is 6.76. The van der Waals surface area contributed by atoms with E-state index in [-0.39, 0.29) is 0 Å². The molecule has 1 amide bonds. The van der Waals surface area contributed by atoms with E-state index in [0.717, 1.165) is 12.8 Å². The number of nitrogens with one attached hydrogen (secondary N) is 1. The Hall–Kier alpha value is -2.00. The average Bonchev–Trinajstić information content (AvgIpc) is 2.75. The molecule has 0 aliphatic carbocycles. The maximum absolute atomic E-state index is 11.9. The van der Waals surface area contributed by atoms with Gasteiger partial charge in [-0.3, -0.25) is 14.9 Å². The van der Waals surface area contributed by atoms with E-state index in [1.54, 1.807) is 11.6 Å². The number of nitrogens with zero attached hydrogens (tertiary/aromatic N) is 2. The maximum atomic E-state index is 11.9. The third-order valence-electron chi connectivity index (χ3n) is 2.79. The molecule has 1 rings (SSSR count). The number of aromatic nitrogens is 2. The number of amides is 1. The fraction of sp³-hybridized carbons (Fsp3) is 0.571. The molecule has 0 spiro atoms. The summed E-state index contributed by atoms with van der Waals surface area (Å²) in [5, 5.41) is 4.34. The Kier molecular flexibility index (Phi) is 6.60. The summed E-state index contributed by atoms with van der Waals surface area (Å²) in [6.07, 6.45) is 2.57. The minimum Gasteiger partial charge on any atom is -0.489 e. The number of aryl methyl sites for hydroxylation is 2. The minimum atomic E-state index is -0.401. The van der Waals surface area contributed by atoms with Crippen LogP contribution >= 0.6 is 0 Å². The van der Waals surface area contributed by atoms with Crippen molar-refractivity contribution >= 4 is 5.91 Å². The van der Waals surface area contributed by atoms with Gasteiger partial charge in [-0.25, -0.2) is 5.84 Å². The molecule has 0 saturated heterocycles. The second-order valence-electron chi connectivity index (χ2n) is 4.34. The van der Waals surface area contributed by atoms with Gasteiger partial charge in [0.1, 0.15) is 5.69 Å². The van der Waals surface area contributed by atoms with Crippen molar-refractivity contribution in [2.75, 3.05) is 6.61 Å². The van der Waals surface area contributed by atoms with Crippen LogP contribution in [-0.2, 0) is 6.54 Å². The SMILES string of the molecule is CC#CCCn1nc(C)c(OCCCC)c1C(=O)NN. The summed E-state index contributed by atoms with van der Waals surface area (Å²) in [5.41, 5.74) is 3.19. The molecular formula is C14H22N4O2. The van der Waals surface area contributed by atoms with Gasteiger partial charge in [-0.1, -0.05) is 13.3 Å². The molecule has 0 unspecified atom stereocenters. The van der Waals surface area contributed by atoms with Crippen molar-refractivity contribution < 1.29 is 9.53 Å². The van der Waals surface area contributed by atoms with E-state index in [4.69, 9.17) is 10.6 Å². The number of carbonyl (C=O) groups is 1. The van der Waals surface area contributed by atoms with Gasteiger partial charge in [-0.15, -0.1) is 11.8 Å². The molecule has 1 aromatic heterocycles. The molecule has 6 nitrogen and oxygen atoms in total. The lowest BCUT2D eigenvalue weighted by Gasteiger charge is -2.08. The Balaban J connectivity index is 3.00. The molecule has 0 saturated carbocycles. The summed E-state index contributed by atoms with van der Waals surface area (Å²) < 4.78 is 7.28. The Morgan fingerprint density at radius 2 is 2.30 bits per heavy atom. The molecule has 0 atom stereocenters. The fourth-order valence-corrected chi connectivity index (χ4v) is 1.79. The zero-order valence-electron chi connectivity index (χ0n) is 12.3. The van der Waals surface area contributed by atoms with E-state index < -0.39 is 5.91 Å². The van der Waals surface area contributed by atoms with Crippen molar-refractivity contribution in [1.82, 2.24) is 15.2 Å². The van der Waals surface area contributed by atoms with Crippen LogP contribution < -0.4 is 16.0 Å². The highest BCUT2D eigenvalue weighted by atomic mass is 16.5. The van der Waals surface area contributed by atoms with E-state index >= 15 is 0 Å². The Morgan fingerprint density at radius 1 is 1.55 bits per heavy atom. The molecule has 1 aromatic rings. The van der Waals surface area contributed by atoms with Gasteiger partial charge in [0.2, 0.25) is 0 Å². The summed E-state index contributed by atoms with van der Waals surface area (Å²) in [4.78, 5) is 11.9. The molecule has 0 aliphatic heterocycles. The fourth-order valence-electron chi connectivity index (χ4n) is 1.79. The van der Waals surface area contributed by atoms with Crippen LogP contribution in [0.1, 0.15) is 49.3 Å². The summed E-state index contributed by atoms with van der Waals surface area (Å²) >= 11 is 0. The standard InChI is InChI=1S/C14H22N4O2/c1-4-6-8-9-18-12(14(19)16-15)13(11(3)17-18)20-10-7-5-2/h5,7-10,15H2,1-3H3,(H,16,19). The van der Waals surface area contributed by atoms with Crippen LogP contribution in [0.3, 0.4) is 0 Å². The Bertz CT molecular complexity index is 511. The van der Waals surface area contributed by atoms with E-state index in [1.165, 1.54) is 0 Å². The van der Waals surface area contributed by atoms with Crippen LogP contribution in [-0.4, -0.2) is 22.3 Å². The topological polar surface area (TPSA) is 82.2 Å². The van der Waals surface area contributed by atoms with Gasteiger partial charge in [0.15, 0.2) is 11.4 Å². The van der Waals surface area contributed by atoms with Gasteiger partial charge in [-0.2, -0.15) is 5.10 Å². The minimum absolute atomic E-state index is 0.360. The molecule has 0 bridgehead atoms. The largest absolute Gasteiger partial charge is 0.489 e. The second kappa shape index (κ2) is 8.23. The highest BCUT2D eigenvalue weighted by Gasteiger charge is 2.22. The number of ether oxygens (including phenoxy) is 1. The zero-order chi connectivity index (χ0) is 15.0. The normalized spacial score (nSPS) is 9.80. The van der Waals surface area contributed by atoms with Crippen molar-refractivity contribution in [1.29, 1.82) is 0 Å². The Labute approximate surface area is 119 Å². The number of unbranched alkanes of at least 4 members (excludes halogenated alkanes) is 1. The Morgan fingerprint density at radius 3 is 2.90 bits per heavy atom. The van der Waals surface area contributed by atoms with Crippen molar-refractivity contribution in [2.24, 2.45) is 5.84 Å². The zero-order valence-corrected chi connectivity index (χ0v) is 12.3. The lowest BCUT2D eigenvalue weighted by Crippen LogP contribution is -2.32. The number of carbonyl (C=O) groups excluding carboxylic acids is 1. The van der Waals surface area contributed by atoms with Crippen molar-refractivity contribution in [3.8, 4) is 17.6 Å². The lowest BCUT2D eigenvalue weighted by molar-refractivity contribution is 0.0938. The average molecular weight is 278 g/mol. The van der Waals surface area contributed by atoms with Gasteiger partial charge in [-0.05, 0) is 20.3 Å². The first-order valence-electron chi connectivity index (χ1n) is 6.76. The molecule has 0 radical (unpaired) electrons. The summed E-state index contributed by atoms with van der Waals surface area (Å²) in [6, 6.07) is 0. The van der Waals surface area contributed by atoms with Crippen LogP contribution in [0.15, 0.2) is 0 Å². The molecular weight excluding hydrogens is 256 g/mol. The number of nitrogen functional groups attached to an aromatic ring is 1. The van der Waals surface area contributed by atoms with Crippen LogP contribution in [0.25, 0.3) is 0 Å². The van der Waals surface area contributed by atoms with Crippen molar-refractivity contribution in [3.63, 3.8) is 0 Å². The highest BCUT2D eigenvalue weighted by Crippen LogP contribution is 2.23. The quantitative estimate of drug-likeness (QED) is 0.259. The number of hydrazine groups is 1. The molecule has 110 valence electrons. The van der Waals surface area contributed by atoms with Gasteiger partial charge < -0.3 is 4.74 Å².